The lowest BCUT2D eigenvalue weighted by molar-refractivity contribution is 0.0963. The number of halogens is 1. The van der Waals surface area contributed by atoms with E-state index in [2.05, 4.69) is 51.7 Å². The molecule has 0 spiro atoms. The van der Waals surface area contributed by atoms with Gasteiger partial charge in [-0.1, -0.05) is 40.2 Å². The number of carbonyl (C=O) groups is 1. The van der Waals surface area contributed by atoms with Crippen molar-refractivity contribution < 1.29 is 4.79 Å². The summed E-state index contributed by atoms with van der Waals surface area (Å²) in [5, 5.41) is 6.02. The molecule has 0 heterocycles. The van der Waals surface area contributed by atoms with Gasteiger partial charge >= 0.3 is 0 Å². The molecule has 1 amide bonds. The molecule has 2 aromatic rings. The molecule has 2 aromatic carbocycles. The van der Waals surface area contributed by atoms with Crippen LogP contribution in [0.1, 0.15) is 27.0 Å². The highest BCUT2D eigenvalue weighted by molar-refractivity contribution is 9.10. The molecule has 110 valence electrons. The van der Waals surface area contributed by atoms with Gasteiger partial charge in [0.15, 0.2) is 0 Å². The molecule has 0 bridgehead atoms. The first-order chi connectivity index (χ1) is 10.1. The summed E-state index contributed by atoms with van der Waals surface area (Å²) in [6.07, 6.45) is 0. The molecule has 2 rings (SSSR count). The quantitative estimate of drug-likeness (QED) is 0.870. The summed E-state index contributed by atoms with van der Waals surface area (Å²) in [6, 6.07) is 14.0. The topological polar surface area (TPSA) is 41.1 Å². The maximum Gasteiger partial charge on any atom is 0.251 e. The molecule has 0 aliphatic rings. The molecule has 0 aliphatic carbocycles. The van der Waals surface area contributed by atoms with Gasteiger partial charge in [0.2, 0.25) is 0 Å². The van der Waals surface area contributed by atoms with Crippen LogP contribution in [-0.4, -0.2) is 13.0 Å². The molecule has 0 saturated heterocycles. The molecular formula is C17H19BrN2O. The minimum absolute atomic E-state index is 0.0565. The molecule has 0 aromatic heterocycles. The summed E-state index contributed by atoms with van der Waals surface area (Å²) in [6.45, 7) is 3.67. The van der Waals surface area contributed by atoms with Crippen molar-refractivity contribution in [2.45, 2.75) is 20.0 Å². The summed E-state index contributed by atoms with van der Waals surface area (Å²) in [5.41, 5.74) is 4.33. The van der Waals surface area contributed by atoms with Gasteiger partial charge in [-0.3, -0.25) is 4.79 Å². The van der Waals surface area contributed by atoms with E-state index in [1.807, 2.05) is 24.3 Å². The Hall–Kier alpha value is -1.65. The predicted octanol–water partition coefficient (Wildman–Crippen LogP) is 3.41. The van der Waals surface area contributed by atoms with E-state index in [0.717, 1.165) is 23.1 Å². The average molecular weight is 347 g/mol. The van der Waals surface area contributed by atoms with Crippen LogP contribution in [0.2, 0.25) is 0 Å². The lowest BCUT2D eigenvalue weighted by atomic mass is 10.1. The smallest absolute Gasteiger partial charge is 0.251 e. The van der Waals surface area contributed by atoms with Crippen LogP contribution in [0.3, 0.4) is 0 Å². The Morgan fingerprint density at radius 1 is 1.05 bits per heavy atom. The highest BCUT2D eigenvalue weighted by atomic mass is 79.9. The fraction of sp³-hybridized carbons (Fsp3) is 0.235. The van der Waals surface area contributed by atoms with Crippen molar-refractivity contribution >= 4 is 21.8 Å². The van der Waals surface area contributed by atoms with Crippen LogP contribution in [0.15, 0.2) is 46.9 Å². The van der Waals surface area contributed by atoms with Gasteiger partial charge in [-0.05, 0) is 41.8 Å². The Balaban J connectivity index is 1.88. The maximum absolute atomic E-state index is 11.5. The number of hydrogen-bond acceptors (Lipinski definition) is 2. The maximum atomic E-state index is 11.5. The number of benzene rings is 2. The molecule has 0 unspecified atom stereocenters. The van der Waals surface area contributed by atoms with E-state index in [9.17, 15) is 4.79 Å². The zero-order valence-corrected chi connectivity index (χ0v) is 13.8. The zero-order chi connectivity index (χ0) is 15.2. The van der Waals surface area contributed by atoms with E-state index in [-0.39, 0.29) is 5.91 Å². The number of rotatable bonds is 5. The third-order valence-electron chi connectivity index (χ3n) is 3.34. The Labute approximate surface area is 133 Å². The number of carbonyl (C=O) groups excluding carboxylic acids is 1. The fourth-order valence-corrected chi connectivity index (χ4v) is 2.44. The largest absolute Gasteiger partial charge is 0.355 e. The van der Waals surface area contributed by atoms with Crippen molar-refractivity contribution in [3.8, 4) is 0 Å². The molecule has 2 N–H and O–H groups in total. The molecular weight excluding hydrogens is 328 g/mol. The normalized spacial score (nSPS) is 10.4. The van der Waals surface area contributed by atoms with Crippen molar-refractivity contribution in [2.24, 2.45) is 0 Å². The van der Waals surface area contributed by atoms with E-state index in [4.69, 9.17) is 0 Å². The van der Waals surface area contributed by atoms with Crippen LogP contribution in [0, 0.1) is 6.92 Å². The molecule has 0 atom stereocenters. The highest BCUT2D eigenvalue weighted by Crippen LogP contribution is 2.17. The van der Waals surface area contributed by atoms with Gasteiger partial charge in [-0.25, -0.2) is 0 Å². The van der Waals surface area contributed by atoms with E-state index >= 15 is 0 Å². The van der Waals surface area contributed by atoms with Crippen LogP contribution in [0.25, 0.3) is 0 Å². The Morgan fingerprint density at radius 3 is 2.29 bits per heavy atom. The second kappa shape index (κ2) is 7.38. The third kappa shape index (κ3) is 4.41. The van der Waals surface area contributed by atoms with Crippen LogP contribution < -0.4 is 10.6 Å². The standard InChI is InChI=1S/C17H19BrN2O/c1-12-3-4-14(9-16(12)18)11-20-10-13-5-7-15(8-6-13)17(21)19-2/h3-9,20H,10-11H2,1-2H3,(H,19,21). The Morgan fingerprint density at radius 2 is 1.67 bits per heavy atom. The van der Waals surface area contributed by atoms with Crippen molar-refractivity contribution in [1.82, 2.24) is 10.6 Å². The second-order valence-corrected chi connectivity index (χ2v) is 5.82. The summed E-state index contributed by atoms with van der Waals surface area (Å²) in [4.78, 5) is 11.5. The van der Waals surface area contributed by atoms with E-state index in [1.165, 1.54) is 11.1 Å². The Bertz CT molecular complexity index is 623. The third-order valence-corrected chi connectivity index (χ3v) is 4.19. The fourth-order valence-electron chi connectivity index (χ4n) is 2.02. The highest BCUT2D eigenvalue weighted by Gasteiger charge is 2.02. The van der Waals surface area contributed by atoms with Crippen molar-refractivity contribution in [3.05, 3.63) is 69.2 Å². The number of amides is 1. The summed E-state index contributed by atoms with van der Waals surface area (Å²) in [7, 11) is 1.64. The van der Waals surface area contributed by atoms with Gasteiger partial charge in [0.1, 0.15) is 0 Å². The number of hydrogen-bond donors (Lipinski definition) is 2. The predicted molar refractivity (Wildman–Crippen MR) is 89.3 cm³/mol. The van der Waals surface area contributed by atoms with Gasteiger partial charge in [-0.2, -0.15) is 0 Å². The first-order valence-corrected chi connectivity index (χ1v) is 7.66. The van der Waals surface area contributed by atoms with Gasteiger partial charge in [0, 0.05) is 30.2 Å². The van der Waals surface area contributed by atoms with Gasteiger partial charge < -0.3 is 10.6 Å². The molecule has 0 fully saturated rings. The molecule has 3 nitrogen and oxygen atoms in total. The first-order valence-electron chi connectivity index (χ1n) is 6.87. The van der Waals surface area contributed by atoms with E-state index in [1.54, 1.807) is 7.05 Å². The van der Waals surface area contributed by atoms with Crippen LogP contribution in [0.4, 0.5) is 0 Å². The second-order valence-electron chi connectivity index (χ2n) is 4.96. The molecule has 4 heteroatoms. The SMILES string of the molecule is CNC(=O)c1ccc(CNCc2ccc(C)c(Br)c2)cc1. The molecule has 0 saturated carbocycles. The van der Waals surface area contributed by atoms with Crippen LogP contribution in [0.5, 0.6) is 0 Å². The Kier molecular flexibility index (Phi) is 5.53. The van der Waals surface area contributed by atoms with Gasteiger partial charge in [0.05, 0.1) is 0 Å². The number of aryl methyl sites for hydroxylation is 1. The van der Waals surface area contributed by atoms with Crippen LogP contribution >= 0.6 is 15.9 Å². The van der Waals surface area contributed by atoms with Crippen molar-refractivity contribution in [1.29, 1.82) is 0 Å². The molecule has 0 aliphatic heterocycles. The molecule has 21 heavy (non-hydrogen) atoms. The van der Waals surface area contributed by atoms with Crippen molar-refractivity contribution in [2.75, 3.05) is 7.05 Å². The van der Waals surface area contributed by atoms with Gasteiger partial charge in [-0.15, -0.1) is 0 Å². The average Bonchev–Trinajstić information content (AvgIpc) is 2.51. The van der Waals surface area contributed by atoms with Crippen LogP contribution in [-0.2, 0) is 13.1 Å². The van der Waals surface area contributed by atoms with E-state index < -0.39 is 0 Å². The lowest BCUT2D eigenvalue weighted by Gasteiger charge is -2.07. The zero-order valence-electron chi connectivity index (χ0n) is 12.2. The van der Waals surface area contributed by atoms with Crippen molar-refractivity contribution in [3.63, 3.8) is 0 Å². The summed E-state index contributed by atoms with van der Waals surface area (Å²) in [5.74, 6) is -0.0565. The summed E-state index contributed by atoms with van der Waals surface area (Å²) < 4.78 is 1.14. The summed E-state index contributed by atoms with van der Waals surface area (Å²) >= 11 is 3.55. The minimum atomic E-state index is -0.0565. The lowest BCUT2D eigenvalue weighted by Crippen LogP contribution is -2.18. The molecule has 0 radical (unpaired) electrons. The monoisotopic (exact) mass is 346 g/mol. The minimum Gasteiger partial charge on any atom is -0.355 e. The van der Waals surface area contributed by atoms with E-state index in [0.29, 0.717) is 5.56 Å². The number of nitrogens with one attached hydrogen (secondary N) is 2. The first kappa shape index (κ1) is 15.7. The van der Waals surface area contributed by atoms with Gasteiger partial charge in [0.25, 0.3) is 5.91 Å².